The summed E-state index contributed by atoms with van der Waals surface area (Å²) in [5.41, 5.74) is 19.7. The molecule has 0 fully saturated rings. The Bertz CT molecular complexity index is 4810. The van der Waals surface area contributed by atoms with E-state index >= 15 is 0 Å². The second-order valence-corrected chi connectivity index (χ2v) is 29.3. The molecule has 0 bridgehead atoms. The van der Waals surface area contributed by atoms with Gasteiger partial charge in [0.15, 0.2) is 11.5 Å². The van der Waals surface area contributed by atoms with Crippen LogP contribution in [0.5, 0.6) is 11.5 Å². The van der Waals surface area contributed by atoms with Gasteiger partial charge in [-0.3, -0.25) is 9.97 Å². The zero-order valence-corrected chi connectivity index (χ0v) is 61.4. The molecule has 10 heterocycles. The van der Waals surface area contributed by atoms with E-state index in [1.165, 1.54) is 95.5 Å². The first-order valence-corrected chi connectivity index (χ1v) is 36.0. The highest BCUT2D eigenvalue weighted by Crippen LogP contribution is 2.40. The number of aromatic nitrogens is 6. The predicted octanol–water partition coefficient (Wildman–Crippen LogP) is 14.5. The first-order valence-electron chi connectivity index (χ1n) is 35.2. The molecule has 4 N–H and O–H groups in total. The van der Waals surface area contributed by atoms with Crippen LogP contribution in [0.15, 0.2) is 164 Å². The molecule has 4 aliphatic heterocycles. The minimum absolute atomic E-state index is 0.301. The Balaban J connectivity index is 0.000000122. The van der Waals surface area contributed by atoms with Crippen LogP contribution in [-0.4, -0.2) is 137 Å². The Morgan fingerprint density at radius 3 is 1.25 bits per heavy atom. The van der Waals surface area contributed by atoms with Gasteiger partial charge in [0.2, 0.25) is 0 Å². The number of fused-ring (bicyclic) bond motifs is 12. The summed E-state index contributed by atoms with van der Waals surface area (Å²) < 4.78 is 33.0. The predicted molar refractivity (Wildman–Crippen MR) is 406 cm³/mol. The van der Waals surface area contributed by atoms with Gasteiger partial charge in [-0.25, -0.2) is 4.39 Å². The van der Waals surface area contributed by atoms with Gasteiger partial charge < -0.3 is 67.8 Å². The number of hydrogen-bond acceptors (Lipinski definition) is 12. The van der Waals surface area contributed by atoms with Crippen molar-refractivity contribution in [3.8, 4) is 11.5 Å². The molecule has 6 aromatic heterocycles. The molecule has 16 nitrogen and oxygen atoms in total. The smallest absolute Gasteiger partial charge is 0.161 e. The van der Waals surface area contributed by atoms with Crippen LogP contribution in [-0.2, 0) is 83.6 Å². The molecule has 0 spiro atoms. The zero-order chi connectivity index (χ0) is 71.7. The number of hydrogen-bond donors (Lipinski definition) is 4. The molecule has 0 amide bonds. The number of rotatable bonds is 14. The molecule has 0 aliphatic carbocycles. The fourth-order valence-electron chi connectivity index (χ4n) is 15.5. The van der Waals surface area contributed by atoms with Crippen LogP contribution in [0.25, 0.3) is 43.6 Å². The molecular formula is C83H93Cl2FN10O6. The van der Waals surface area contributed by atoms with E-state index in [-0.39, 0.29) is 5.82 Å². The third-order valence-corrected chi connectivity index (χ3v) is 21.4. The lowest BCUT2D eigenvalue weighted by Gasteiger charge is -2.29. The van der Waals surface area contributed by atoms with E-state index in [0.717, 1.165) is 116 Å². The van der Waals surface area contributed by atoms with Crippen molar-refractivity contribution >= 4 is 66.8 Å². The van der Waals surface area contributed by atoms with Crippen molar-refractivity contribution in [1.29, 1.82) is 0 Å². The summed E-state index contributed by atoms with van der Waals surface area (Å²) in [6, 6.07) is 48.2. The van der Waals surface area contributed by atoms with Gasteiger partial charge in [0.05, 0.1) is 57.9 Å². The summed E-state index contributed by atoms with van der Waals surface area (Å²) in [5.74, 6) is 0.998. The maximum atomic E-state index is 13.3. The molecule has 4 unspecified atom stereocenters. The van der Waals surface area contributed by atoms with Crippen molar-refractivity contribution in [2.24, 2.45) is 0 Å². The van der Waals surface area contributed by atoms with Crippen molar-refractivity contribution in [3.05, 3.63) is 259 Å². The second-order valence-electron chi connectivity index (χ2n) is 28.4. The third kappa shape index (κ3) is 15.3. The van der Waals surface area contributed by atoms with E-state index in [0.29, 0.717) is 48.9 Å². The Labute approximate surface area is 606 Å². The number of ether oxygens (including phenoxy) is 2. The Kier molecular flexibility index (Phi) is 21.8. The summed E-state index contributed by atoms with van der Waals surface area (Å²) in [6.45, 7) is 15.8. The maximum absolute atomic E-state index is 13.3. The lowest BCUT2D eigenvalue weighted by molar-refractivity contribution is 0.0380. The van der Waals surface area contributed by atoms with Crippen LogP contribution in [0.4, 0.5) is 4.39 Å². The van der Waals surface area contributed by atoms with Crippen molar-refractivity contribution in [3.63, 3.8) is 0 Å². The number of aliphatic hydroxyl groups is 4. The van der Waals surface area contributed by atoms with Crippen LogP contribution in [0, 0.1) is 19.7 Å². The van der Waals surface area contributed by atoms with Gasteiger partial charge in [0.1, 0.15) is 23.6 Å². The highest BCUT2D eigenvalue weighted by atomic mass is 35.5. The van der Waals surface area contributed by atoms with Crippen LogP contribution in [0.1, 0.15) is 104 Å². The maximum Gasteiger partial charge on any atom is 0.161 e. The minimum atomic E-state index is -1.11. The van der Waals surface area contributed by atoms with E-state index in [1.807, 2.05) is 84.9 Å². The summed E-state index contributed by atoms with van der Waals surface area (Å²) >= 11 is 12.5. The third-order valence-electron chi connectivity index (χ3n) is 20.9. The summed E-state index contributed by atoms with van der Waals surface area (Å²) in [4.78, 5) is 17.9. The van der Waals surface area contributed by atoms with Crippen molar-refractivity contribution < 1.29 is 34.3 Å². The molecule has 102 heavy (non-hydrogen) atoms. The van der Waals surface area contributed by atoms with Gasteiger partial charge in [-0.1, -0.05) is 76.8 Å². The highest BCUT2D eigenvalue weighted by molar-refractivity contribution is 6.31. The summed E-state index contributed by atoms with van der Waals surface area (Å²) in [5, 5.41) is 50.0. The lowest BCUT2D eigenvalue weighted by Crippen LogP contribution is -2.32. The van der Waals surface area contributed by atoms with E-state index in [9.17, 15) is 24.8 Å². The number of aliphatic hydroxyl groups excluding tert-OH is 3. The summed E-state index contributed by atoms with van der Waals surface area (Å²) in [7, 11) is 11.8. The van der Waals surface area contributed by atoms with E-state index < -0.39 is 23.9 Å². The molecule has 6 aromatic carbocycles. The molecule has 0 radical (unpaired) electrons. The normalized spacial score (nSPS) is 16.3. The standard InChI is InChI=1S/C23H28N2O3.C21H22ClFN2O.C20H23N3O.C19H20ClN3O/c1-15-5-7-19-18(11-15)17-9-10-24(2)13-20(17)25(19)14-21(26)16-6-8-22(27-3)23(12-16)28-4;1-21(26,14-3-6-16(23)7-4-14)13-25-19-8-5-15(22)11-18(19)17-9-10-24(2)12-20(17)25;1-14-6-7-18-16(11-14)15-8-10-22(2)12-19(15)23(18)13-20(24)17-5-3-4-9-21-17;1-22-9-7-14-15-10-13(20)5-6-17(15)23(18(14)11-22)12-19(24)16-4-2-3-8-21-16/h5-8,11-12,21,26H,9-10,13-14H2,1-4H3;3-8,11,26H,9-10,12-13H2,1-2H3;3-7,9,11,20,24H,8,10,12-13H2,1-2H3;2-6,8,10,19,24H,7,9,11-12H2,1H3. The topological polar surface area (TPSA) is 158 Å². The van der Waals surface area contributed by atoms with E-state index in [4.69, 9.17) is 32.7 Å². The number of halogens is 3. The fraction of sp³-hybridized carbons (Fsp3) is 0.349. The molecular weight excluding hydrogens is 1320 g/mol. The SMILES string of the molecule is CN1CCc2c(n(CC(C)(O)c3ccc(F)cc3)c3ccc(Cl)cc23)C1.CN1CCc2c(n(CC(O)c3ccccn3)c3ccc(Cl)cc23)C1.COc1ccc(C(O)Cn2c3c(c4cc(C)ccc42)CCN(C)C3)cc1OC.Cc1ccc2c(c1)c1c(n2CC(O)c2ccccn2)CN(C)CC1. The average Bonchev–Trinajstić information content (AvgIpc) is 1.62. The number of methoxy groups -OCH3 is 2. The second kappa shape index (κ2) is 30.9. The monoisotopic (exact) mass is 1410 g/mol. The van der Waals surface area contributed by atoms with Crippen LogP contribution in [0.2, 0.25) is 10.0 Å². The first-order chi connectivity index (χ1) is 49.1. The fourth-order valence-corrected chi connectivity index (χ4v) is 15.8. The Morgan fingerprint density at radius 1 is 0.461 bits per heavy atom. The van der Waals surface area contributed by atoms with E-state index in [1.54, 1.807) is 45.7 Å². The molecule has 4 atom stereocenters. The van der Waals surface area contributed by atoms with Gasteiger partial charge in [-0.15, -0.1) is 0 Å². The molecule has 12 aromatic rings. The number of nitrogens with zero attached hydrogens (tertiary/aromatic N) is 10. The van der Waals surface area contributed by atoms with Crippen molar-refractivity contribution in [1.82, 2.24) is 47.8 Å². The Hall–Kier alpha value is -8.43. The molecule has 16 rings (SSSR count). The molecule has 19 heteroatoms. The molecule has 532 valence electrons. The summed E-state index contributed by atoms with van der Waals surface area (Å²) in [6.07, 6.45) is 5.68. The highest BCUT2D eigenvalue weighted by Gasteiger charge is 2.32. The average molecular weight is 1420 g/mol. The van der Waals surface area contributed by atoms with Crippen LogP contribution >= 0.6 is 23.2 Å². The van der Waals surface area contributed by atoms with Gasteiger partial charge in [0, 0.05) is 141 Å². The van der Waals surface area contributed by atoms with E-state index in [2.05, 4.69) is 132 Å². The number of benzene rings is 6. The van der Waals surface area contributed by atoms with Gasteiger partial charge >= 0.3 is 0 Å². The minimum Gasteiger partial charge on any atom is -0.493 e. The van der Waals surface area contributed by atoms with Crippen LogP contribution in [0.3, 0.4) is 0 Å². The van der Waals surface area contributed by atoms with Crippen molar-refractivity contribution in [2.75, 3.05) is 68.6 Å². The molecule has 0 saturated heterocycles. The van der Waals surface area contributed by atoms with Gasteiger partial charge in [0.25, 0.3) is 0 Å². The quantitative estimate of drug-likeness (QED) is 0.0818. The Morgan fingerprint density at radius 2 is 0.843 bits per heavy atom. The number of likely N-dealkylation sites (N-methyl/N-ethyl adjacent to an activating group) is 4. The molecule has 4 aliphatic rings. The lowest BCUT2D eigenvalue weighted by atomic mass is 9.95. The molecule has 0 saturated carbocycles. The number of aryl methyl sites for hydroxylation is 2. The first kappa shape index (κ1) is 71.9. The van der Waals surface area contributed by atoms with Gasteiger partial charge in [-0.05, 0) is 217 Å². The van der Waals surface area contributed by atoms with Crippen LogP contribution < -0.4 is 9.47 Å². The largest absolute Gasteiger partial charge is 0.493 e. The zero-order valence-electron chi connectivity index (χ0n) is 59.8. The van der Waals surface area contributed by atoms with Crippen molar-refractivity contribution in [2.45, 2.75) is 123 Å². The number of pyridine rings is 2. The van der Waals surface area contributed by atoms with Gasteiger partial charge in [-0.2, -0.15) is 0 Å².